The van der Waals surface area contributed by atoms with E-state index in [0.717, 1.165) is 37.6 Å². The van der Waals surface area contributed by atoms with E-state index in [1.54, 1.807) is 18.2 Å². The van der Waals surface area contributed by atoms with E-state index in [4.69, 9.17) is 9.72 Å². The van der Waals surface area contributed by atoms with Gasteiger partial charge in [-0.05, 0) is 18.9 Å². The van der Waals surface area contributed by atoms with E-state index in [2.05, 4.69) is 15.2 Å². The van der Waals surface area contributed by atoms with Gasteiger partial charge in [0.15, 0.2) is 0 Å². The molecule has 3 heterocycles. The first-order chi connectivity index (χ1) is 13.1. The van der Waals surface area contributed by atoms with Crippen LogP contribution in [0.4, 0.5) is 5.95 Å². The third-order valence-electron chi connectivity index (χ3n) is 5.35. The quantitative estimate of drug-likeness (QED) is 0.709. The topological polar surface area (TPSA) is 87.7 Å². The molecule has 3 rings (SSSR count). The van der Waals surface area contributed by atoms with Gasteiger partial charge in [-0.25, -0.2) is 9.97 Å². The molecule has 2 saturated heterocycles. The largest absolute Gasteiger partial charge is 0.383 e. The number of ether oxygens (including phenoxy) is 1. The van der Waals surface area contributed by atoms with Crippen molar-refractivity contribution < 1.29 is 14.3 Å². The summed E-state index contributed by atoms with van der Waals surface area (Å²) >= 11 is 0. The van der Waals surface area contributed by atoms with Crippen molar-refractivity contribution in [1.82, 2.24) is 20.2 Å². The van der Waals surface area contributed by atoms with E-state index in [-0.39, 0.29) is 23.7 Å². The van der Waals surface area contributed by atoms with Gasteiger partial charge in [-0.15, -0.1) is 0 Å². The zero-order chi connectivity index (χ0) is 19.2. The molecule has 0 bridgehead atoms. The van der Waals surface area contributed by atoms with Gasteiger partial charge in [0.25, 0.3) is 0 Å². The first-order valence-corrected chi connectivity index (χ1v) is 9.76. The Morgan fingerprint density at radius 2 is 2.07 bits per heavy atom. The van der Waals surface area contributed by atoms with Crippen molar-refractivity contribution in [2.45, 2.75) is 32.1 Å². The average Bonchev–Trinajstić information content (AvgIpc) is 3.37. The van der Waals surface area contributed by atoms with Gasteiger partial charge >= 0.3 is 0 Å². The minimum Gasteiger partial charge on any atom is -0.383 e. The van der Waals surface area contributed by atoms with Crippen LogP contribution in [0, 0.1) is 5.92 Å². The Bertz CT molecular complexity index is 663. The molecule has 27 heavy (non-hydrogen) atoms. The van der Waals surface area contributed by atoms with E-state index >= 15 is 0 Å². The van der Waals surface area contributed by atoms with Crippen molar-refractivity contribution in [2.24, 2.45) is 5.92 Å². The summed E-state index contributed by atoms with van der Waals surface area (Å²) in [5.41, 5.74) is 0.838. The molecule has 0 saturated carbocycles. The highest BCUT2D eigenvalue weighted by atomic mass is 16.5. The summed E-state index contributed by atoms with van der Waals surface area (Å²) in [6.07, 6.45) is 4.51. The number of nitrogens with one attached hydrogen (secondary N) is 1. The van der Waals surface area contributed by atoms with Crippen LogP contribution in [0.1, 0.15) is 37.8 Å². The maximum atomic E-state index is 12.7. The van der Waals surface area contributed by atoms with E-state index in [1.165, 1.54) is 0 Å². The second-order valence-corrected chi connectivity index (χ2v) is 7.12. The van der Waals surface area contributed by atoms with Crippen LogP contribution in [0.2, 0.25) is 0 Å². The number of hydrogen-bond acceptors (Lipinski definition) is 6. The fourth-order valence-electron chi connectivity index (χ4n) is 3.84. The van der Waals surface area contributed by atoms with Gasteiger partial charge in [0.1, 0.15) is 0 Å². The van der Waals surface area contributed by atoms with E-state index < -0.39 is 0 Å². The molecule has 2 atom stereocenters. The van der Waals surface area contributed by atoms with Crippen LogP contribution in [0.3, 0.4) is 0 Å². The predicted octanol–water partition coefficient (Wildman–Crippen LogP) is 0.791. The second kappa shape index (κ2) is 9.12. The summed E-state index contributed by atoms with van der Waals surface area (Å²) in [5, 5.41) is 2.92. The maximum absolute atomic E-state index is 12.7. The van der Waals surface area contributed by atoms with Gasteiger partial charge in [-0.2, -0.15) is 0 Å². The highest BCUT2D eigenvalue weighted by molar-refractivity contribution is 5.83. The minimum absolute atomic E-state index is 0.0511. The van der Waals surface area contributed by atoms with Crippen LogP contribution < -0.4 is 10.2 Å². The molecule has 2 amide bonds. The number of nitrogens with zero attached hydrogens (tertiary/aromatic N) is 4. The van der Waals surface area contributed by atoms with Gasteiger partial charge in [-0.1, -0.05) is 6.92 Å². The standard InChI is InChI=1S/C19H29N5O3/c1-3-17(25)24-12-14(15(13-24)18(26)20-8-11-27-2)16-6-7-21-19(22-16)23-9-4-5-10-23/h6-7,14-15H,3-5,8-13H2,1-2H3,(H,20,26)/t14-,15-/m1/s1. The summed E-state index contributed by atoms with van der Waals surface area (Å²) in [4.78, 5) is 38.1. The SMILES string of the molecule is CCC(=O)N1C[C@@H](C(=O)NCCOC)[C@H](c2ccnc(N3CCCC3)n2)C1. The fraction of sp³-hybridized carbons (Fsp3) is 0.684. The molecule has 148 valence electrons. The Balaban J connectivity index is 1.79. The monoisotopic (exact) mass is 375 g/mol. The summed E-state index contributed by atoms with van der Waals surface area (Å²) in [6, 6.07) is 1.87. The van der Waals surface area contributed by atoms with E-state index in [0.29, 0.717) is 32.7 Å². The van der Waals surface area contributed by atoms with Gasteiger partial charge in [-0.3, -0.25) is 9.59 Å². The number of hydrogen-bond donors (Lipinski definition) is 1. The Hall–Kier alpha value is -2.22. The second-order valence-electron chi connectivity index (χ2n) is 7.12. The Labute approximate surface area is 160 Å². The number of methoxy groups -OCH3 is 1. The van der Waals surface area contributed by atoms with Gasteiger partial charge in [0, 0.05) is 58.4 Å². The number of amides is 2. The normalized spacial score (nSPS) is 22.3. The predicted molar refractivity (Wildman–Crippen MR) is 101 cm³/mol. The first-order valence-electron chi connectivity index (χ1n) is 9.76. The van der Waals surface area contributed by atoms with Crippen LogP contribution in [0.5, 0.6) is 0 Å². The van der Waals surface area contributed by atoms with Gasteiger partial charge in [0.05, 0.1) is 18.2 Å². The van der Waals surface area contributed by atoms with Crippen LogP contribution in [0.25, 0.3) is 0 Å². The number of rotatable bonds is 7. The van der Waals surface area contributed by atoms with Crippen LogP contribution in [-0.2, 0) is 14.3 Å². The molecule has 8 nitrogen and oxygen atoms in total. The molecule has 8 heteroatoms. The van der Waals surface area contributed by atoms with Crippen molar-refractivity contribution in [3.63, 3.8) is 0 Å². The number of carbonyl (C=O) groups excluding carboxylic acids is 2. The molecule has 1 N–H and O–H groups in total. The Morgan fingerprint density at radius 1 is 1.30 bits per heavy atom. The molecule has 0 aromatic carbocycles. The third kappa shape index (κ3) is 4.55. The molecule has 2 aliphatic rings. The zero-order valence-corrected chi connectivity index (χ0v) is 16.2. The summed E-state index contributed by atoms with van der Waals surface area (Å²) < 4.78 is 5.01. The molecule has 0 spiro atoms. The molecule has 0 unspecified atom stereocenters. The van der Waals surface area contributed by atoms with Crippen molar-refractivity contribution in [2.75, 3.05) is 51.3 Å². The lowest BCUT2D eigenvalue weighted by molar-refractivity contribution is -0.130. The minimum atomic E-state index is -0.307. The Kier molecular flexibility index (Phi) is 6.60. The third-order valence-corrected chi connectivity index (χ3v) is 5.35. The maximum Gasteiger partial charge on any atom is 0.225 e. The average molecular weight is 375 g/mol. The molecular weight excluding hydrogens is 346 g/mol. The molecule has 0 aliphatic carbocycles. The highest BCUT2D eigenvalue weighted by Crippen LogP contribution is 2.33. The number of aromatic nitrogens is 2. The lowest BCUT2D eigenvalue weighted by Crippen LogP contribution is -2.37. The molecule has 0 radical (unpaired) electrons. The summed E-state index contributed by atoms with van der Waals surface area (Å²) in [7, 11) is 1.60. The van der Waals surface area contributed by atoms with Crippen molar-refractivity contribution in [3.05, 3.63) is 18.0 Å². The van der Waals surface area contributed by atoms with E-state index in [1.807, 2.05) is 13.0 Å². The molecule has 1 aromatic rings. The lowest BCUT2D eigenvalue weighted by atomic mass is 9.92. The van der Waals surface area contributed by atoms with Gasteiger partial charge < -0.3 is 19.9 Å². The molecule has 1 aromatic heterocycles. The van der Waals surface area contributed by atoms with Crippen molar-refractivity contribution in [3.8, 4) is 0 Å². The van der Waals surface area contributed by atoms with Crippen LogP contribution >= 0.6 is 0 Å². The number of anilines is 1. The number of carbonyl (C=O) groups is 2. The van der Waals surface area contributed by atoms with Crippen LogP contribution in [-0.4, -0.2) is 73.1 Å². The molecular formula is C19H29N5O3. The molecule has 2 fully saturated rings. The van der Waals surface area contributed by atoms with E-state index in [9.17, 15) is 9.59 Å². The summed E-state index contributed by atoms with van der Waals surface area (Å²) in [6.45, 7) is 5.66. The molecule has 2 aliphatic heterocycles. The summed E-state index contributed by atoms with van der Waals surface area (Å²) in [5.74, 6) is 0.320. The first kappa shape index (κ1) is 19.5. The zero-order valence-electron chi connectivity index (χ0n) is 16.2. The fourth-order valence-corrected chi connectivity index (χ4v) is 3.84. The highest BCUT2D eigenvalue weighted by Gasteiger charge is 2.40. The van der Waals surface area contributed by atoms with Crippen molar-refractivity contribution >= 4 is 17.8 Å². The van der Waals surface area contributed by atoms with Gasteiger partial charge in [0.2, 0.25) is 17.8 Å². The van der Waals surface area contributed by atoms with Crippen LogP contribution in [0.15, 0.2) is 12.3 Å². The lowest BCUT2D eigenvalue weighted by Gasteiger charge is -2.20. The smallest absolute Gasteiger partial charge is 0.225 e. The number of likely N-dealkylation sites (tertiary alicyclic amines) is 1. The Morgan fingerprint density at radius 3 is 2.78 bits per heavy atom. The van der Waals surface area contributed by atoms with Crippen molar-refractivity contribution in [1.29, 1.82) is 0 Å².